The zero-order chi connectivity index (χ0) is 17.1. The Bertz CT molecular complexity index is 915. The molecule has 0 saturated heterocycles. The first-order valence-electron chi connectivity index (χ1n) is 7.60. The van der Waals surface area contributed by atoms with Crippen LogP contribution in [-0.2, 0) is 6.54 Å². The number of nitrogens with zero attached hydrogens (tertiary/aromatic N) is 2. The number of carbonyl (C=O) groups excluding carboxylic acids is 1. The summed E-state index contributed by atoms with van der Waals surface area (Å²) in [6, 6.07) is 13.3. The Morgan fingerprint density at radius 2 is 2.12 bits per heavy atom. The van der Waals surface area contributed by atoms with Gasteiger partial charge in [-0.05, 0) is 49.2 Å². The zero-order valence-electron chi connectivity index (χ0n) is 13.5. The molecule has 0 aliphatic rings. The van der Waals surface area contributed by atoms with Gasteiger partial charge in [0, 0.05) is 11.9 Å². The van der Waals surface area contributed by atoms with Gasteiger partial charge in [0.1, 0.15) is 17.5 Å². The fourth-order valence-electron chi connectivity index (χ4n) is 2.60. The molecule has 0 aliphatic carbocycles. The minimum Gasteiger partial charge on any atom is -0.467 e. The molecule has 2 aromatic heterocycles. The third-order valence-corrected chi connectivity index (χ3v) is 3.85. The molecule has 1 aromatic carbocycles. The monoisotopic (exact) mass is 319 g/mol. The highest BCUT2D eigenvalue weighted by Crippen LogP contribution is 2.21. The smallest absolute Gasteiger partial charge is 0.270 e. The lowest BCUT2D eigenvalue weighted by molar-refractivity contribution is 0.0941. The topological polar surface area (TPSA) is 71.0 Å². The maximum absolute atomic E-state index is 12.6. The van der Waals surface area contributed by atoms with Gasteiger partial charge in [0.05, 0.1) is 18.4 Å². The minimum absolute atomic E-state index is 0.273. The number of benzene rings is 1. The first-order valence-corrected chi connectivity index (χ1v) is 7.60. The van der Waals surface area contributed by atoms with Crippen molar-refractivity contribution in [2.75, 3.05) is 0 Å². The van der Waals surface area contributed by atoms with Gasteiger partial charge in [0.2, 0.25) is 0 Å². The van der Waals surface area contributed by atoms with Crippen LogP contribution < -0.4 is 5.32 Å². The lowest BCUT2D eigenvalue weighted by Crippen LogP contribution is -2.26. The largest absolute Gasteiger partial charge is 0.467 e. The van der Waals surface area contributed by atoms with E-state index >= 15 is 0 Å². The van der Waals surface area contributed by atoms with Crippen LogP contribution in [-0.4, -0.2) is 10.5 Å². The number of aromatic nitrogens is 1. The van der Waals surface area contributed by atoms with Crippen molar-refractivity contribution >= 4 is 5.91 Å². The number of aryl methyl sites for hydroxylation is 2. The van der Waals surface area contributed by atoms with Crippen molar-refractivity contribution in [2.24, 2.45) is 0 Å². The molecular formula is C19H17N3O2. The van der Waals surface area contributed by atoms with Crippen LogP contribution in [0, 0.1) is 25.2 Å². The van der Waals surface area contributed by atoms with E-state index in [4.69, 9.17) is 4.42 Å². The lowest BCUT2D eigenvalue weighted by atomic mass is 10.1. The first kappa shape index (κ1) is 15.6. The SMILES string of the molecule is Cc1ccc(C)c(-n2ccc(C#N)c2C(=O)NCc2ccco2)c1. The van der Waals surface area contributed by atoms with Crippen molar-refractivity contribution < 1.29 is 9.21 Å². The summed E-state index contributed by atoms with van der Waals surface area (Å²) in [7, 11) is 0. The molecule has 5 nitrogen and oxygen atoms in total. The second kappa shape index (κ2) is 6.47. The summed E-state index contributed by atoms with van der Waals surface area (Å²) in [5, 5.41) is 12.1. The van der Waals surface area contributed by atoms with Gasteiger partial charge >= 0.3 is 0 Å². The molecule has 0 bridgehead atoms. The quantitative estimate of drug-likeness (QED) is 0.800. The fourth-order valence-corrected chi connectivity index (χ4v) is 2.60. The molecule has 24 heavy (non-hydrogen) atoms. The van der Waals surface area contributed by atoms with E-state index in [0.717, 1.165) is 16.8 Å². The normalized spacial score (nSPS) is 10.4. The number of hydrogen-bond donors (Lipinski definition) is 1. The lowest BCUT2D eigenvalue weighted by Gasteiger charge is -2.13. The summed E-state index contributed by atoms with van der Waals surface area (Å²) in [4.78, 5) is 12.6. The Labute approximate surface area is 140 Å². The molecule has 1 amide bonds. The van der Waals surface area contributed by atoms with E-state index in [9.17, 15) is 10.1 Å². The van der Waals surface area contributed by atoms with E-state index in [1.807, 2.05) is 32.0 Å². The summed E-state index contributed by atoms with van der Waals surface area (Å²) in [6.07, 6.45) is 3.31. The van der Waals surface area contributed by atoms with Gasteiger partial charge in [-0.25, -0.2) is 0 Å². The highest BCUT2D eigenvalue weighted by atomic mass is 16.3. The van der Waals surface area contributed by atoms with Crippen molar-refractivity contribution in [2.45, 2.75) is 20.4 Å². The number of nitrogens with one attached hydrogen (secondary N) is 1. The minimum atomic E-state index is -0.311. The Balaban J connectivity index is 1.97. The van der Waals surface area contributed by atoms with Gasteiger partial charge in [-0.15, -0.1) is 0 Å². The van der Waals surface area contributed by atoms with Crippen LogP contribution in [0.4, 0.5) is 0 Å². The van der Waals surface area contributed by atoms with Crippen LogP contribution in [0.25, 0.3) is 5.69 Å². The van der Waals surface area contributed by atoms with Crippen LogP contribution in [0.1, 0.15) is 32.9 Å². The van der Waals surface area contributed by atoms with Crippen LogP contribution in [0.5, 0.6) is 0 Å². The van der Waals surface area contributed by atoms with Crippen molar-refractivity contribution in [1.29, 1.82) is 5.26 Å². The van der Waals surface area contributed by atoms with Gasteiger partial charge < -0.3 is 14.3 Å². The van der Waals surface area contributed by atoms with E-state index in [-0.39, 0.29) is 12.5 Å². The van der Waals surface area contributed by atoms with Crippen molar-refractivity contribution in [3.8, 4) is 11.8 Å². The summed E-state index contributed by atoms with van der Waals surface area (Å²) in [5.74, 6) is 0.348. The second-order valence-electron chi connectivity index (χ2n) is 5.61. The molecule has 0 aliphatic heterocycles. The van der Waals surface area contributed by atoms with Gasteiger partial charge in [-0.1, -0.05) is 12.1 Å². The van der Waals surface area contributed by atoms with E-state index in [2.05, 4.69) is 11.4 Å². The predicted molar refractivity (Wildman–Crippen MR) is 89.8 cm³/mol. The highest BCUT2D eigenvalue weighted by Gasteiger charge is 2.19. The zero-order valence-corrected chi connectivity index (χ0v) is 13.5. The van der Waals surface area contributed by atoms with Crippen LogP contribution in [0.3, 0.4) is 0 Å². The van der Waals surface area contributed by atoms with Crippen molar-refractivity contribution in [1.82, 2.24) is 9.88 Å². The molecule has 3 rings (SSSR count). The van der Waals surface area contributed by atoms with E-state index in [0.29, 0.717) is 17.0 Å². The highest BCUT2D eigenvalue weighted by molar-refractivity contribution is 5.95. The fraction of sp³-hybridized carbons (Fsp3) is 0.158. The third-order valence-electron chi connectivity index (χ3n) is 3.85. The average molecular weight is 319 g/mol. The van der Waals surface area contributed by atoms with E-state index < -0.39 is 0 Å². The maximum Gasteiger partial charge on any atom is 0.270 e. The number of carbonyl (C=O) groups is 1. The molecule has 5 heteroatoms. The molecule has 0 fully saturated rings. The van der Waals surface area contributed by atoms with E-state index in [1.54, 1.807) is 35.2 Å². The molecule has 120 valence electrons. The van der Waals surface area contributed by atoms with E-state index in [1.165, 1.54) is 0 Å². The number of rotatable bonds is 4. The summed E-state index contributed by atoms with van der Waals surface area (Å²) < 4.78 is 6.98. The molecule has 0 atom stereocenters. The van der Waals surface area contributed by atoms with Crippen molar-refractivity contribution in [3.05, 3.63) is 77.0 Å². The Kier molecular flexibility index (Phi) is 4.21. The summed E-state index contributed by atoms with van der Waals surface area (Å²) in [5.41, 5.74) is 3.68. The van der Waals surface area contributed by atoms with Crippen LogP contribution in [0.15, 0.2) is 53.3 Å². The standard InChI is InChI=1S/C19H17N3O2/c1-13-5-6-14(2)17(10-13)22-8-7-15(11-20)18(22)19(23)21-12-16-4-3-9-24-16/h3-10H,12H2,1-2H3,(H,21,23). The molecule has 0 radical (unpaired) electrons. The number of furan rings is 1. The molecule has 0 saturated carbocycles. The number of amides is 1. The Morgan fingerprint density at radius 3 is 2.83 bits per heavy atom. The van der Waals surface area contributed by atoms with Crippen LogP contribution in [0.2, 0.25) is 0 Å². The second-order valence-corrected chi connectivity index (χ2v) is 5.61. The maximum atomic E-state index is 12.6. The molecule has 1 N–H and O–H groups in total. The molecular weight excluding hydrogens is 302 g/mol. The van der Waals surface area contributed by atoms with Gasteiger partial charge in [0.25, 0.3) is 5.91 Å². The predicted octanol–water partition coefficient (Wildman–Crippen LogP) is 3.49. The Morgan fingerprint density at radius 1 is 1.29 bits per heavy atom. The molecule has 2 heterocycles. The van der Waals surface area contributed by atoms with Gasteiger partial charge in [-0.3, -0.25) is 4.79 Å². The molecule has 0 unspecified atom stereocenters. The van der Waals surface area contributed by atoms with Gasteiger partial charge in [0.15, 0.2) is 0 Å². The first-order chi connectivity index (χ1) is 11.6. The Hall–Kier alpha value is -3.26. The molecule has 3 aromatic rings. The third kappa shape index (κ3) is 2.95. The summed E-state index contributed by atoms with van der Waals surface area (Å²) >= 11 is 0. The van der Waals surface area contributed by atoms with Crippen molar-refractivity contribution in [3.63, 3.8) is 0 Å². The molecule has 0 spiro atoms. The summed E-state index contributed by atoms with van der Waals surface area (Å²) in [6.45, 7) is 4.24. The average Bonchev–Trinajstić information content (AvgIpc) is 3.23. The number of hydrogen-bond acceptors (Lipinski definition) is 3. The van der Waals surface area contributed by atoms with Crippen LogP contribution >= 0.6 is 0 Å². The van der Waals surface area contributed by atoms with Gasteiger partial charge in [-0.2, -0.15) is 5.26 Å². The number of nitriles is 1.